The van der Waals surface area contributed by atoms with Gasteiger partial charge in [-0.05, 0) is 29.7 Å². The highest BCUT2D eigenvalue weighted by Gasteiger charge is 2.17. The third kappa shape index (κ3) is 3.95. The summed E-state index contributed by atoms with van der Waals surface area (Å²) >= 11 is 6.69. The maximum atomic E-state index is 6.69. The van der Waals surface area contributed by atoms with E-state index in [4.69, 9.17) is 16.3 Å². The fourth-order valence-electron chi connectivity index (χ4n) is 2.48. The standard InChI is InChI=1S/C19H24ClNO/c1-14(2)15-10-11-19(22-4)17(12-15)18(20)13-21(3)16-8-6-5-7-9-16/h5-12,14,18H,13H2,1-4H3. The molecule has 0 aliphatic carbocycles. The second kappa shape index (κ2) is 7.55. The number of para-hydroxylation sites is 1. The predicted octanol–water partition coefficient (Wildman–Crippen LogP) is 5.23. The number of halogens is 1. The maximum absolute atomic E-state index is 6.69. The van der Waals surface area contributed by atoms with E-state index in [0.29, 0.717) is 5.92 Å². The molecule has 0 aliphatic heterocycles. The monoisotopic (exact) mass is 317 g/mol. The largest absolute Gasteiger partial charge is 0.496 e. The number of benzene rings is 2. The molecule has 0 N–H and O–H groups in total. The van der Waals surface area contributed by atoms with Crippen LogP contribution in [0.3, 0.4) is 0 Å². The zero-order valence-corrected chi connectivity index (χ0v) is 14.5. The normalized spacial score (nSPS) is 12.3. The van der Waals surface area contributed by atoms with E-state index < -0.39 is 0 Å². The number of hydrogen-bond acceptors (Lipinski definition) is 2. The molecular formula is C19H24ClNO. The second-order valence-corrected chi connectivity index (χ2v) is 6.37. The van der Waals surface area contributed by atoms with Crippen LogP contribution in [0.2, 0.25) is 0 Å². The Morgan fingerprint density at radius 2 is 1.77 bits per heavy atom. The number of hydrogen-bond donors (Lipinski definition) is 0. The molecule has 0 aromatic heterocycles. The smallest absolute Gasteiger partial charge is 0.123 e. The van der Waals surface area contributed by atoms with Crippen LogP contribution in [0.25, 0.3) is 0 Å². The van der Waals surface area contributed by atoms with Crippen molar-refractivity contribution in [1.29, 1.82) is 0 Å². The van der Waals surface area contributed by atoms with Crippen LogP contribution in [-0.2, 0) is 0 Å². The van der Waals surface area contributed by atoms with E-state index in [1.807, 2.05) is 24.3 Å². The maximum Gasteiger partial charge on any atom is 0.123 e. The van der Waals surface area contributed by atoms with Crippen molar-refractivity contribution >= 4 is 17.3 Å². The van der Waals surface area contributed by atoms with Crippen LogP contribution in [0.4, 0.5) is 5.69 Å². The van der Waals surface area contributed by atoms with Gasteiger partial charge in [-0.3, -0.25) is 0 Å². The molecule has 0 saturated carbocycles. The van der Waals surface area contributed by atoms with Gasteiger partial charge in [-0.25, -0.2) is 0 Å². The molecule has 0 aliphatic rings. The molecule has 1 atom stereocenters. The Morgan fingerprint density at radius 1 is 1.09 bits per heavy atom. The summed E-state index contributed by atoms with van der Waals surface area (Å²) in [6, 6.07) is 16.6. The van der Waals surface area contributed by atoms with Crippen molar-refractivity contribution < 1.29 is 4.74 Å². The summed E-state index contributed by atoms with van der Waals surface area (Å²) in [5.74, 6) is 1.33. The average molecular weight is 318 g/mol. The Morgan fingerprint density at radius 3 is 2.36 bits per heavy atom. The number of alkyl halides is 1. The summed E-state index contributed by atoms with van der Waals surface area (Å²) in [4.78, 5) is 2.17. The molecule has 0 bridgehead atoms. The van der Waals surface area contributed by atoms with Crippen LogP contribution in [0.15, 0.2) is 48.5 Å². The number of likely N-dealkylation sites (N-methyl/N-ethyl adjacent to an activating group) is 1. The Balaban J connectivity index is 2.21. The van der Waals surface area contributed by atoms with Gasteiger partial charge in [-0.1, -0.05) is 44.2 Å². The molecule has 0 fully saturated rings. The molecule has 2 nitrogen and oxygen atoms in total. The van der Waals surface area contributed by atoms with Gasteiger partial charge in [-0.2, -0.15) is 0 Å². The Labute approximate surface area is 138 Å². The first-order chi connectivity index (χ1) is 10.5. The van der Waals surface area contributed by atoms with E-state index in [1.54, 1.807) is 7.11 Å². The van der Waals surface area contributed by atoms with Gasteiger partial charge in [0.15, 0.2) is 0 Å². The van der Waals surface area contributed by atoms with Gasteiger partial charge in [0.25, 0.3) is 0 Å². The van der Waals surface area contributed by atoms with E-state index in [0.717, 1.165) is 23.5 Å². The third-order valence-corrected chi connectivity index (χ3v) is 4.26. The van der Waals surface area contributed by atoms with Crippen LogP contribution in [0.1, 0.15) is 36.3 Å². The van der Waals surface area contributed by atoms with E-state index in [1.165, 1.54) is 5.56 Å². The molecule has 3 heteroatoms. The minimum Gasteiger partial charge on any atom is -0.496 e. The van der Waals surface area contributed by atoms with Gasteiger partial charge >= 0.3 is 0 Å². The lowest BCUT2D eigenvalue weighted by Gasteiger charge is -2.24. The average Bonchev–Trinajstić information content (AvgIpc) is 2.54. The van der Waals surface area contributed by atoms with Crippen molar-refractivity contribution in [1.82, 2.24) is 0 Å². The molecule has 0 amide bonds. The summed E-state index contributed by atoms with van der Waals surface area (Å²) < 4.78 is 5.49. The molecule has 0 radical (unpaired) electrons. The van der Waals surface area contributed by atoms with Gasteiger partial charge in [0, 0.05) is 24.8 Å². The highest BCUT2D eigenvalue weighted by molar-refractivity contribution is 6.21. The predicted molar refractivity (Wildman–Crippen MR) is 95.4 cm³/mol. The van der Waals surface area contributed by atoms with Crippen molar-refractivity contribution in [3.63, 3.8) is 0 Å². The Kier molecular flexibility index (Phi) is 5.73. The fourth-order valence-corrected chi connectivity index (χ4v) is 2.86. The zero-order valence-electron chi connectivity index (χ0n) is 13.7. The molecule has 2 aromatic rings. The van der Waals surface area contributed by atoms with Gasteiger partial charge in [0.05, 0.1) is 12.5 Å². The molecule has 22 heavy (non-hydrogen) atoms. The summed E-state index contributed by atoms with van der Waals surface area (Å²) in [6.45, 7) is 5.10. The van der Waals surface area contributed by atoms with Crippen LogP contribution in [0.5, 0.6) is 5.75 Å². The van der Waals surface area contributed by atoms with Crippen LogP contribution < -0.4 is 9.64 Å². The summed E-state index contributed by atoms with van der Waals surface area (Å²) in [5, 5.41) is -0.126. The lowest BCUT2D eigenvalue weighted by atomic mass is 9.98. The van der Waals surface area contributed by atoms with Gasteiger partial charge in [-0.15, -0.1) is 11.6 Å². The highest BCUT2D eigenvalue weighted by Crippen LogP contribution is 2.33. The Bertz CT molecular complexity index is 598. The quantitative estimate of drug-likeness (QED) is 0.676. The first-order valence-corrected chi connectivity index (χ1v) is 8.04. The van der Waals surface area contributed by atoms with Crippen LogP contribution >= 0.6 is 11.6 Å². The third-order valence-electron chi connectivity index (χ3n) is 3.89. The van der Waals surface area contributed by atoms with Gasteiger partial charge in [0.2, 0.25) is 0 Å². The van der Waals surface area contributed by atoms with E-state index in [-0.39, 0.29) is 5.38 Å². The number of ether oxygens (including phenoxy) is 1. The van der Waals surface area contributed by atoms with E-state index in [9.17, 15) is 0 Å². The first-order valence-electron chi connectivity index (χ1n) is 7.61. The van der Waals surface area contributed by atoms with E-state index in [2.05, 4.69) is 50.1 Å². The minimum atomic E-state index is -0.126. The summed E-state index contributed by atoms with van der Waals surface area (Å²) in [5.41, 5.74) is 3.49. The van der Waals surface area contributed by atoms with Crippen molar-refractivity contribution in [2.75, 3.05) is 25.6 Å². The van der Waals surface area contributed by atoms with Crippen LogP contribution in [-0.4, -0.2) is 20.7 Å². The molecule has 1 unspecified atom stereocenters. The molecule has 118 valence electrons. The minimum absolute atomic E-state index is 0.126. The Hall–Kier alpha value is -1.67. The summed E-state index contributed by atoms with van der Waals surface area (Å²) in [7, 11) is 3.75. The van der Waals surface area contributed by atoms with Crippen molar-refractivity contribution in [2.24, 2.45) is 0 Å². The first kappa shape index (κ1) is 16.7. The van der Waals surface area contributed by atoms with Gasteiger partial charge < -0.3 is 9.64 Å². The van der Waals surface area contributed by atoms with Crippen molar-refractivity contribution in [3.8, 4) is 5.75 Å². The highest BCUT2D eigenvalue weighted by atomic mass is 35.5. The lowest BCUT2D eigenvalue weighted by Crippen LogP contribution is -2.22. The zero-order chi connectivity index (χ0) is 16.1. The lowest BCUT2D eigenvalue weighted by molar-refractivity contribution is 0.409. The number of nitrogens with zero attached hydrogens (tertiary/aromatic N) is 1. The number of rotatable bonds is 6. The topological polar surface area (TPSA) is 12.5 Å². The molecule has 2 rings (SSSR count). The molecule has 0 heterocycles. The molecule has 0 spiro atoms. The molecule has 2 aromatic carbocycles. The number of methoxy groups -OCH3 is 1. The molecule has 0 saturated heterocycles. The molecular weight excluding hydrogens is 294 g/mol. The fraction of sp³-hybridized carbons (Fsp3) is 0.368. The van der Waals surface area contributed by atoms with Crippen molar-refractivity contribution in [3.05, 3.63) is 59.7 Å². The van der Waals surface area contributed by atoms with Crippen molar-refractivity contribution in [2.45, 2.75) is 25.1 Å². The van der Waals surface area contributed by atoms with Gasteiger partial charge in [0.1, 0.15) is 5.75 Å². The number of anilines is 1. The summed E-state index contributed by atoms with van der Waals surface area (Å²) in [6.07, 6.45) is 0. The van der Waals surface area contributed by atoms with Crippen LogP contribution in [0, 0.1) is 0 Å². The SMILES string of the molecule is COc1ccc(C(C)C)cc1C(Cl)CN(C)c1ccccc1. The second-order valence-electron chi connectivity index (χ2n) is 5.84. The van der Waals surface area contributed by atoms with E-state index >= 15 is 0 Å².